The summed E-state index contributed by atoms with van der Waals surface area (Å²) in [5.74, 6) is 2.46. The Hall–Kier alpha value is -0.790. The summed E-state index contributed by atoms with van der Waals surface area (Å²) in [5, 5.41) is 4.21. The van der Waals surface area contributed by atoms with Gasteiger partial charge in [-0.15, -0.1) is 0 Å². The molecule has 0 N–H and O–H groups in total. The van der Waals surface area contributed by atoms with Crippen LogP contribution in [0.4, 0.5) is 0 Å². The van der Waals surface area contributed by atoms with Crippen LogP contribution in [0.2, 0.25) is 0 Å². The van der Waals surface area contributed by atoms with Crippen LogP contribution >= 0.6 is 0 Å². The molecular formula is C10H16N2. The molecular weight excluding hydrogens is 148 g/mol. The van der Waals surface area contributed by atoms with E-state index in [0.29, 0.717) is 0 Å². The Balaban J connectivity index is 2.19. The van der Waals surface area contributed by atoms with Crippen molar-refractivity contribution >= 4 is 0 Å². The molecule has 1 aliphatic carbocycles. The lowest BCUT2D eigenvalue weighted by Gasteiger charge is -2.40. The van der Waals surface area contributed by atoms with E-state index in [1.54, 1.807) is 0 Å². The van der Waals surface area contributed by atoms with Crippen molar-refractivity contribution in [2.24, 2.45) is 18.9 Å². The van der Waals surface area contributed by atoms with Gasteiger partial charge in [0.1, 0.15) is 0 Å². The van der Waals surface area contributed by atoms with Crippen LogP contribution in [0.15, 0.2) is 12.4 Å². The summed E-state index contributed by atoms with van der Waals surface area (Å²) >= 11 is 0. The number of rotatable bonds is 1. The normalized spacial score (nSPS) is 34.8. The molecule has 1 fully saturated rings. The van der Waals surface area contributed by atoms with Gasteiger partial charge < -0.3 is 0 Å². The fraction of sp³-hybridized carbons (Fsp3) is 0.700. The quantitative estimate of drug-likeness (QED) is 0.622. The Morgan fingerprint density at radius 1 is 1.42 bits per heavy atom. The number of hydrogen-bond donors (Lipinski definition) is 0. The van der Waals surface area contributed by atoms with E-state index in [1.165, 1.54) is 12.0 Å². The minimum Gasteiger partial charge on any atom is -0.276 e. The van der Waals surface area contributed by atoms with Crippen LogP contribution < -0.4 is 0 Å². The molecule has 0 saturated heterocycles. The van der Waals surface area contributed by atoms with Crippen molar-refractivity contribution in [2.45, 2.75) is 26.2 Å². The van der Waals surface area contributed by atoms with E-state index in [4.69, 9.17) is 0 Å². The second-order valence-electron chi connectivity index (χ2n) is 4.16. The van der Waals surface area contributed by atoms with Crippen molar-refractivity contribution in [2.75, 3.05) is 0 Å². The Labute approximate surface area is 73.6 Å². The summed E-state index contributed by atoms with van der Waals surface area (Å²) < 4.78 is 1.90. The molecule has 0 bridgehead atoms. The van der Waals surface area contributed by atoms with Crippen LogP contribution in [0.3, 0.4) is 0 Å². The molecule has 12 heavy (non-hydrogen) atoms. The molecule has 0 aliphatic heterocycles. The highest BCUT2D eigenvalue weighted by molar-refractivity contribution is 5.17. The third-order valence-corrected chi connectivity index (χ3v) is 3.08. The molecule has 2 rings (SSSR count). The monoisotopic (exact) mass is 164 g/mol. The summed E-state index contributed by atoms with van der Waals surface area (Å²) in [6, 6.07) is 0. The molecule has 0 amide bonds. The molecule has 2 unspecified atom stereocenters. The molecule has 1 aromatic heterocycles. The van der Waals surface area contributed by atoms with Crippen molar-refractivity contribution in [3.8, 4) is 0 Å². The molecule has 66 valence electrons. The zero-order valence-corrected chi connectivity index (χ0v) is 7.99. The van der Waals surface area contributed by atoms with Crippen LogP contribution in [0.1, 0.15) is 31.7 Å². The second kappa shape index (κ2) is 2.61. The summed E-state index contributed by atoms with van der Waals surface area (Å²) in [7, 11) is 1.98. The van der Waals surface area contributed by atoms with Gasteiger partial charge in [-0.2, -0.15) is 5.10 Å². The fourth-order valence-corrected chi connectivity index (χ4v) is 2.51. The van der Waals surface area contributed by atoms with Crippen LogP contribution in [-0.2, 0) is 7.05 Å². The number of hydrogen-bond acceptors (Lipinski definition) is 1. The van der Waals surface area contributed by atoms with Crippen molar-refractivity contribution in [3.63, 3.8) is 0 Å². The molecule has 0 spiro atoms. The minimum atomic E-state index is 0.763. The summed E-state index contributed by atoms with van der Waals surface area (Å²) in [6.07, 6.45) is 5.53. The van der Waals surface area contributed by atoms with E-state index < -0.39 is 0 Å². The lowest BCUT2D eigenvalue weighted by molar-refractivity contribution is 0.176. The summed E-state index contributed by atoms with van der Waals surface area (Å²) in [4.78, 5) is 0. The molecule has 1 saturated carbocycles. The van der Waals surface area contributed by atoms with E-state index in [2.05, 4.69) is 25.1 Å². The Morgan fingerprint density at radius 2 is 2.08 bits per heavy atom. The predicted octanol–water partition coefficient (Wildman–Crippen LogP) is 2.18. The van der Waals surface area contributed by atoms with E-state index in [-0.39, 0.29) is 0 Å². The molecule has 1 aliphatic rings. The molecule has 0 radical (unpaired) electrons. The topological polar surface area (TPSA) is 17.8 Å². The summed E-state index contributed by atoms with van der Waals surface area (Å²) in [5.41, 5.74) is 1.42. The van der Waals surface area contributed by atoms with Gasteiger partial charge in [0, 0.05) is 13.2 Å². The lowest BCUT2D eigenvalue weighted by atomic mass is 9.64. The molecule has 1 heterocycles. The first-order chi connectivity index (χ1) is 5.68. The maximum atomic E-state index is 4.21. The van der Waals surface area contributed by atoms with Gasteiger partial charge in [-0.05, 0) is 29.7 Å². The zero-order valence-electron chi connectivity index (χ0n) is 7.99. The molecule has 2 heteroatoms. The van der Waals surface area contributed by atoms with Gasteiger partial charge in [0.15, 0.2) is 0 Å². The standard InChI is InChI=1S/C10H16N2/c1-7-4-8(2)10(7)9-5-11-12(3)6-9/h5-8,10H,4H2,1-3H3. The van der Waals surface area contributed by atoms with Crippen LogP contribution in [-0.4, -0.2) is 9.78 Å². The van der Waals surface area contributed by atoms with Gasteiger partial charge in [-0.3, -0.25) is 4.68 Å². The highest BCUT2D eigenvalue weighted by Gasteiger charge is 2.36. The first-order valence-electron chi connectivity index (χ1n) is 4.67. The highest BCUT2D eigenvalue weighted by atomic mass is 15.2. The van der Waals surface area contributed by atoms with Gasteiger partial charge in [0.25, 0.3) is 0 Å². The van der Waals surface area contributed by atoms with Crippen molar-refractivity contribution in [1.29, 1.82) is 0 Å². The lowest BCUT2D eigenvalue weighted by Crippen LogP contribution is -2.30. The van der Waals surface area contributed by atoms with E-state index in [0.717, 1.165) is 17.8 Å². The molecule has 2 atom stereocenters. The molecule has 2 nitrogen and oxygen atoms in total. The highest BCUT2D eigenvalue weighted by Crippen LogP contribution is 2.46. The second-order valence-corrected chi connectivity index (χ2v) is 4.16. The minimum absolute atomic E-state index is 0.763. The Morgan fingerprint density at radius 3 is 2.50 bits per heavy atom. The number of aromatic nitrogens is 2. The van der Waals surface area contributed by atoms with Crippen LogP contribution in [0.5, 0.6) is 0 Å². The smallest absolute Gasteiger partial charge is 0.0524 e. The van der Waals surface area contributed by atoms with E-state index >= 15 is 0 Å². The van der Waals surface area contributed by atoms with Crippen LogP contribution in [0, 0.1) is 11.8 Å². The maximum Gasteiger partial charge on any atom is 0.0524 e. The van der Waals surface area contributed by atoms with Gasteiger partial charge in [0.2, 0.25) is 0 Å². The first-order valence-corrected chi connectivity index (χ1v) is 4.67. The Bertz CT molecular complexity index is 269. The SMILES string of the molecule is CC1CC(C)C1c1cnn(C)c1. The third kappa shape index (κ3) is 1.06. The van der Waals surface area contributed by atoms with Gasteiger partial charge >= 0.3 is 0 Å². The van der Waals surface area contributed by atoms with Crippen molar-refractivity contribution in [3.05, 3.63) is 18.0 Å². The number of nitrogens with zero attached hydrogens (tertiary/aromatic N) is 2. The average Bonchev–Trinajstić information content (AvgIpc) is 2.35. The van der Waals surface area contributed by atoms with Crippen molar-refractivity contribution in [1.82, 2.24) is 9.78 Å². The third-order valence-electron chi connectivity index (χ3n) is 3.08. The van der Waals surface area contributed by atoms with E-state index in [9.17, 15) is 0 Å². The fourth-order valence-electron chi connectivity index (χ4n) is 2.51. The van der Waals surface area contributed by atoms with Gasteiger partial charge in [-0.1, -0.05) is 13.8 Å². The largest absolute Gasteiger partial charge is 0.276 e. The van der Waals surface area contributed by atoms with Gasteiger partial charge in [0.05, 0.1) is 6.20 Å². The van der Waals surface area contributed by atoms with Gasteiger partial charge in [-0.25, -0.2) is 0 Å². The van der Waals surface area contributed by atoms with Crippen LogP contribution in [0.25, 0.3) is 0 Å². The predicted molar refractivity (Wildman–Crippen MR) is 48.9 cm³/mol. The summed E-state index contributed by atoms with van der Waals surface area (Å²) in [6.45, 7) is 4.66. The zero-order chi connectivity index (χ0) is 8.72. The Kier molecular flexibility index (Phi) is 1.71. The van der Waals surface area contributed by atoms with Crippen molar-refractivity contribution < 1.29 is 0 Å². The first kappa shape index (κ1) is 7.84. The molecule has 0 aromatic carbocycles. The van der Waals surface area contributed by atoms with E-state index in [1.807, 2.05) is 17.9 Å². The molecule has 1 aromatic rings. The average molecular weight is 164 g/mol. The maximum absolute atomic E-state index is 4.21. The number of aryl methyl sites for hydroxylation is 1.